The lowest BCUT2D eigenvalue weighted by atomic mass is 10.2. The molecule has 1 aromatic heterocycles. The van der Waals surface area contributed by atoms with Gasteiger partial charge in [-0.1, -0.05) is 74.5 Å². The maximum atomic E-state index is 13.5. The largest absolute Gasteiger partial charge is 0.422 e. The molecule has 5 aromatic rings. The van der Waals surface area contributed by atoms with Gasteiger partial charge in [-0.15, -0.1) is 0 Å². The normalized spacial score (nSPS) is 11.3. The zero-order valence-corrected chi connectivity index (χ0v) is 24.1. The third kappa shape index (κ3) is 5.88. The first-order chi connectivity index (χ1) is 18.7. The topological polar surface area (TPSA) is 73.5 Å². The first kappa shape index (κ1) is 27.4. The predicted octanol–water partition coefficient (Wildman–Crippen LogP) is 8.54. The summed E-state index contributed by atoms with van der Waals surface area (Å²) in [7, 11) is 0. The van der Waals surface area contributed by atoms with Crippen molar-refractivity contribution >= 4 is 85.4 Å². The van der Waals surface area contributed by atoms with E-state index in [0.29, 0.717) is 41.6 Å². The molecule has 0 unspecified atom stereocenters. The van der Waals surface area contributed by atoms with Gasteiger partial charge in [0.25, 0.3) is 5.56 Å². The van der Waals surface area contributed by atoms with E-state index >= 15 is 0 Å². The molecule has 5 rings (SSSR count). The molecule has 0 aliphatic carbocycles. The Balaban J connectivity index is 1.61. The van der Waals surface area contributed by atoms with Crippen molar-refractivity contribution < 1.29 is 9.53 Å². The maximum Gasteiger partial charge on any atom is 0.345 e. The molecule has 0 aliphatic rings. The number of para-hydroxylation sites is 1. The number of carbonyl (C=O) groups is 1. The average molecular weight is 662 g/mol. The van der Waals surface area contributed by atoms with Crippen molar-refractivity contribution in [1.82, 2.24) is 9.66 Å². The summed E-state index contributed by atoms with van der Waals surface area (Å²) < 4.78 is 7.46. The number of esters is 1. The van der Waals surface area contributed by atoms with Gasteiger partial charge in [-0.25, -0.2) is 9.78 Å². The van der Waals surface area contributed by atoms with Crippen LogP contribution in [0, 0.1) is 0 Å². The Bertz CT molecular complexity index is 1860. The molecule has 0 saturated carbocycles. The van der Waals surface area contributed by atoms with E-state index in [1.165, 1.54) is 24.4 Å². The summed E-state index contributed by atoms with van der Waals surface area (Å²) in [5.41, 5.74) is 1.06. The Morgan fingerprint density at radius 2 is 1.62 bits per heavy atom. The van der Waals surface area contributed by atoms with E-state index in [2.05, 4.69) is 26.0 Å². The molecule has 194 valence electrons. The van der Waals surface area contributed by atoms with Crippen molar-refractivity contribution in [1.29, 1.82) is 0 Å². The van der Waals surface area contributed by atoms with E-state index in [1.54, 1.807) is 60.7 Å². The van der Waals surface area contributed by atoms with Crippen LogP contribution in [-0.4, -0.2) is 21.8 Å². The summed E-state index contributed by atoms with van der Waals surface area (Å²) in [5.74, 6) is -0.296. The average Bonchev–Trinajstić information content (AvgIpc) is 2.89. The number of nitrogens with zero attached hydrogens (tertiary/aromatic N) is 3. The van der Waals surface area contributed by atoms with Gasteiger partial charge in [-0.3, -0.25) is 4.79 Å². The lowest BCUT2D eigenvalue weighted by Crippen LogP contribution is -2.20. The number of hydrogen-bond donors (Lipinski definition) is 0. The van der Waals surface area contributed by atoms with Crippen LogP contribution in [0.3, 0.4) is 0 Å². The fraction of sp³-hybridized carbons (Fsp3) is 0. The molecule has 0 saturated heterocycles. The van der Waals surface area contributed by atoms with Crippen LogP contribution in [-0.2, 0) is 0 Å². The molecule has 0 fully saturated rings. The fourth-order valence-electron chi connectivity index (χ4n) is 3.72. The zero-order chi connectivity index (χ0) is 27.7. The van der Waals surface area contributed by atoms with Gasteiger partial charge in [0, 0.05) is 25.6 Å². The van der Waals surface area contributed by atoms with Crippen LogP contribution in [0.15, 0.2) is 93.2 Å². The number of ether oxygens (including phenoxy) is 1. The van der Waals surface area contributed by atoms with Crippen LogP contribution in [0.25, 0.3) is 22.3 Å². The van der Waals surface area contributed by atoms with Gasteiger partial charge in [0.1, 0.15) is 5.75 Å². The van der Waals surface area contributed by atoms with Crippen molar-refractivity contribution in [3.05, 3.63) is 125 Å². The lowest BCUT2D eigenvalue weighted by molar-refractivity contribution is 0.0734. The van der Waals surface area contributed by atoms with E-state index in [9.17, 15) is 9.59 Å². The standard InChI is InChI=1S/C28H14BrCl4N3O3/c29-16-5-10-25(39-28(38)20-9-7-18(31)13-23(20)33)15(11-16)14-34-36-26(19-8-6-17(30)12-22(19)32)35-24-4-2-1-3-21(24)27(36)37/h1-14H. The fourth-order valence-corrected chi connectivity index (χ4v) is 5.08. The Morgan fingerprint density at radius 3 is 2.36 bits per heavy atom. The van der Waals surface area contributed by atoms with Crippen LogP contribution >= 0.6 is 62.3 Å². The van der Waals surface area contributed by atoms with Crippen molar-refractivity contribution in [2.45, 2.75) is 0 Å². The first-order valence-electron chi connectivity index (χ1n) is 11.2. The summed E-state index contributed by atoms with van der Waals surface area (Å²) in [5, 5.41) is 6.08. The molecule has 11 heteroatoms. The Morgan fingerprint density at radius 1 is 0.897 bits per heavy atom. The molecule has 0 atom stereocenters. The second-order valence-electron chi connectivity index (χ2n) is 8.13. The molecule has 0 amide bonds. The van der Waals surface area contributed by atoms with Crippen molar-refractivity contribution in [2.24, 2.45) is 5.10 Å². The third-order valence-corrected chi connectivity index (χ3v) is 7.15. The Kier molecular flexibility index (Phi) is 8.07. The molecule has 4 aromatic carbocycles. The molecule has 0 radical (unpaired) electrons. The van der Waals surface area contributed by atoms with Crippen LogP contribution in [0.2, 0.25) is 20.1 Å². The monoisotopic (exact) mass is 659 g/mol. The number of fused-ring (bicyclic) bond motifs is 1. The lowest BCUT2D eigenvalue weighted by Gasteiger charge is -2.12. The van der Waals surface area contributed by atoms with E-state index in [-0.39, 0.29) is 22.2 Å². The second-order valence-corrected chi connectivity index (χ2v) is 10.7. The number of hydrogen-bond acceptors (Lipinski definition) is 5. The van der Waals surface area contributed by atoms with Crippen LogP contribution in [0.1, 0.15) is 15.9 Å². The highest BCUT2D eigenvalue weighted by Crippen LogP contribution is 2.30. The third-order valence-electron chi connectivity index (χ3n) is 5.56. The predicted molar refractivity (Wildman–Crippen MR) is 160 cm³/mol. The smallest absolute Gasteiger partial charge is 0.345 e. The Labute approximate surface area is 250 Å². The molecule has 0 aliphatic heterocycles. The summed E-state index contributed by atoms with van der Waals surface area (Å²) in [4.78, 5) is 31.0. The Hall–Kier alpha value is -3.20. The van der Waals surface area contributed by atoms with Crippen LogP contribution in [0.4, 0.5) is 0 Å². The van der Waals surface area contributed by atoms with Crippen molar-refractivity contribution in [2.75, 3.05) is 0 Å². The highest BCUT2D eigenvalue weighted by Gasteiger charge is 2.17. The van der Waals surface area contributed by atoms with Crippen LogP contribution in [0.5, 0.6) is 5.75 Å². The van der Waals surface area contributed by atoms with Crippen molar-refractivity contribution in [3.63, 3.8) is 0 Å². The van der Waals surface area contributed by atoms with Gasteiger partial charge in [0.05, 0.1) is 32.7 Å². The summed E-state index contributed by atoms with van der Waals surface area (Å²) in [6.07, 6.45) is 1.39. The molecular formula is C28H14BrCl4N3O3. The minimum Gasteiger partial charge on any atom is -0.422 e. The molecule has 0 N–H and O–H groups in total. The van der Waals surface area contributed by atoms with Gasteiger partial charge in [-0.05, 0) is 66.7 Å². The van der Waals surface area contributed by atoms with E-state index in [1.807, 2.05) is 0 Å². The van der Waals surface area contributed by atoms with Gasteiger partial charge >= 0.3 is 5.97 Å². The van der Waals surface area contributed by atoms with E-state index < -0.39 is 11.5 Å². The molecule has 1 heterocycles. The number of rotatable bonds is 5. The van der Waals surface area contributed by atoms with E-state index in [0.717, 1.165) is 4.68 Å². The van der Waals surface area contributed by atoms with Crippen LogP contribution < -0.4 is 10.3 Å². The van der Waals surface area contributed by atoms with Gasteiger partial charge < -0.3 is 4.74 Å². The highest BCUT2D eigenvalue weighted by molar-refractivity contribution is 9.10. The summed E-state index contributed by atoms with van der Waals surface area (Å²) in [6, 6.07) is 21.2. The second kappa shape index (κ2) is 11.5. The minimum absolute atomic E-state index is 0.140. The molecule has 39 heavy (non-hydrogen) atoms. The molecule has 6 nitrogen and oxygen atoms in total. The first-order valence-corrected chi connectivity index (χ1v) is 13.5. The number of aromatic nitrogens is 2. The minimum atomic E-state index is -0.688. The van der Waals surface area contributed by atoms with Gasteiger partial charge in [0.15, 0.2) is 5.82 Å². The summed E-state index contributed by atoms with van der Waals surface area (Å²) in [6.45, 7) is 0. The molecule has 0 bridgehead atoms. The van der Waals surface area contributed by atoms with E-state index in [4.69, 9.17) is 51.1 Å². The molecular weight excluding hydrogens is 648 g/mol. The van der Waals surface area contributed by atoms with Crippen molar-refractivity contribution in [3.8, 4) is 17.1 Å². The van der Waals surface area contributed by atoms with Gasteiger partial charge in [-0.2, -0.15) is 9.78 Å². The SMILES string of the molecule is O=C(Oc1ccc(Br)cc1C=Nn1c(-c2ccc(Cl)cc2Cl)nc2ccccc2c1=O)c1ccc(Cl)cc1Cl. The molecule has 0 spiro atoms. The number of carbonyl (C=O) groups excluding carboxylic acids is 1. The summed E-state index contributed by atoms with van der Waals surface area (Å²) >= 11 is 28.1. The quantitative estimate of drug-likeness (QED) is 0.108. The zero-order valence-electron chi connectivity index (χ0n) is 19.5. The maximum absolute atomic E-state index is 13.5. The van der Waals surface area contributed by atoms with Gasteiger partial charge in [0.2, 0.25) is 0 Å². The highest BCUT2D eigenvalue weighted by atomic mass is 79.9. The number of benzene rings is 4. The number of halogens is 5.